The van der Waals surface area contributed by atoms with Crippen molar-refractivity contribution < 1.29 is 31.5 Å². The molecule has 1 atom stereocenters. The Kier molecular flexibility index (Phi) is 7.49. The molecule has 2 saturated heterocycles. The number of para-hydroxylation sites is 1. The van der Waals surface area contributed by atoms with Crippen molar-refractivity contribution in [2.24, 2.45) is 5.41 Å². The molecule has 34 heavy (non-hydrogen) atoms. The number of rotatable bonds is 7. The number of carbonyl (C=O) groups excluding carboxylic acids is 1. The molecular formula is C24H28F2N2O5S. The van der Waals surface area contributed by atoms with Crippen LogP contribution in [0.25, 0.3) is 0 Å². The van der Waals surface area contributed by atoms with Crippen LogP contribution in [0.1, 0.15) is 19.3 Å². The minimum Gasteiger partial charge on any atom is -0.493 e. The molecule has 0 radical (unpaired) electrons. The van der Waals surface area contributed by atoms with Gasteiger partial charge in [-0.2, -0.15) is 4.31 Å². The number of hydrogen-bond acceptors (Lipinski definition) is 5. The zero-order valence-electron chi connectivity index (χ0n) is 18.8. The fourth-order valence-corrected chi connectivity index (χ4v) is 6.24. The van der Waals surface area contributed by atoms with E-state index in [-0.39, 0.29) is 32.0 Å². The van der Waals surface area contributed by atoms with E-state index in [0.29, 0.717) is 44.9 Å². The number of carbonyl (C=O) groups is 1. The van der Waals surface area contributed by atoms with Crippen molar-refractivity contribution >= 4 is 15.9 Å². The quantitative estimate of drug-likeness (QED) is 0.592. The maximum atomic E-state index is 14.4. The monoisotopic (exact) mass is 494 g/mol. The van der Waals surface area contributed by atoms with Gasteiger partial charge in [0.1, 0.15) is 17.4 Å². The molecule has 0 unspecified atom stereocenters. The second-order valence-corrected chi connectivity index (χ2v) is 10.6. The molecule has 4 rings (SSSR count). The molecular weight excluding hydrogens is 466 g/mol. The fourth-order valence-electron chi connectivity index (χ4n) is 4.54. The number of hydrogen-bond donors (Lipinski definition) is 0. The van der Waals surface area contributed by atoms with Gasteiger partial charge in [-0.3, -0.25) is 4.79 Å². The smallest absolute Gasteiger partial charge is 0.248 e. The molecule has 2 fully saturated rings. The van der Waals surface area contributed by atoms with Gasteiger partial charge in [0.2, 0.25) is 15.9 Å². The number of benzene rings is 2. The standard InChI is InChI=1S/C24H28F2N2O5S/c25-20-8-4-9-21(26)23(20)34(30,31)28-11-5-10-24(17-28,18-33-19-6-2-1-3-7-19)16-22(29)27-12-14-32-15-13-27/h1-4,6-9H,5,10-18H2/t24-/m0/s1. The zero-order chi connectivity index (χ0) is 24.2. The molecule has 0 bridgehead atoms. The summed E-state index contributed by atoms with van der Waals surface area (Å²) in [6.45, 7) is 1.96. The van der Waals surface area contributed by atoms with Crippen molar-refractivity contribution in [3.8, 4) is 5.75 Å². The van der Waals surface area contributed by atoms with E-state index in [4.69, 9.17) is 9.47 Å². The maximum Gasteiger partial charge on any atom is 0.248 e. The molecule has 184 valence electrons. The number of morpholine rings is 1. The third kappa shape index (κ3) is 5.39. The lowest BCUT2D eigenvalue weighted by Crippen LogP contribution is -2.52. The van der Waals surface area contributed by atoms with E-state index < -0.39 is 32.0 Å². The number of sulfonamides is 1. The second kappa shape index (κ2) is 10.4. The highest BCUT2D eigenvalue weighted by molar-refractivity contribution is 7.89. The molecule has 10 heteroatoms. The summed E-state index contributed by atoms with van der Waals surface area (Å²) in [4.78, 5) is 13.9. The number of amides is 1. The fraction of sp³-hybridized carbons (Fsp3) is 0.458. The first-order chi connectivity index (χ1) is 16.3. The van der Waals surface area contributed by atoms with Crippen LogP contribution in [-0.4, -0.2) is 69.5 Å². The summed E-state index contributed by atoms with van der Waals surface area (Å²) in [7, 11) is -4.46. The summed E-state index contributed by atoms with van der Waals surface area (Å²) >= 11 is 0. The molecule has 0 spiro atoms. The van der Waals surface area contributed by atoms with Gasteiger partial charge in [-0.05, 0) is 37.1 Å². The van der Waals surface area contributed by atoms with Crippen LogP contribution in [0, 0.1) is 17.0 Å². The van der Waals surface area contributed by atoms with Crippen molar-refractivity contribution in [1.82, 2.24) is 9.21 Å². The highest BCUT2D eigenvalue weighted by Crippen LogP contribution is 2.38. The van der Waals surface area contributed by atoms with Gasteiger partial charge >= 0.3 is 0 Å². The van der Waals surface area contributed by atoms with Crippen molar-refractivity contribution in [1.29, 1.82) is 0 Å². The number of piperidine rings is 1. The molecule has 0 aliphatic carbocycles. The summed E-state index contributed by atoms with van der Waals surface area (Å²) in [5.41, 5.74) is -0.849. The average molecular weight is 495 g/mol. The van der Waals surface area contributed by atoms with Crippen LogP contribution in [0.2, 0.25) is 0 Å². The SMILES string of the molecule is O=C(C[C@@]1(COc2ccccc2)CCCN(S(=O)(=O)c2c(F)cccc2F)C1)N1CCOCC1. The molecule has 2 aliphatic rings. The Hall–Kier alpha value is -2.56. The molecule has 2 aromatic carbocycles. The first kappa shape index (κ1) is 24.6. The van der Waals surface area contributed by atoms with Crippen LogP contribution < -0.4 is 4.74 Å². The minimum absolute atomic E-state index is 0.0611. The summed E-state index contributed by atoms with van der Waals surface area (Å²) < 4.78 is 67.7. The van der Waals surface area contributed by atoms with Gasteiger partial charge in [-0.15, -0.1) is 0 Å². The van der Waals surface area contributed by atoms with Crippen LogP contribution in [0.15, 0.2) is 53.4 Å². The Balaban J connectivity index is 1.61. The summed E-state index contributed by atoms with van der Waals surface area (Å²) in [5, 5.41) is 0. The molecule has 2 heterocycles. The number of ether oxygens (including phenoxy) is 2. The van der Waals surface area contributed by atoms with E-state index in [0.717, 1.165) is 22.5 Å². The van der Waals surface area contributed by atoms with Crippen LogP contribution in [0.3, 0.4) is 0 Å². The molecule has 1 amide bonds. The molecule has 7 nitrogen and oxygen atoms in total. The van der Waals surface area contributed by atoms with Crippen LogP contribution in [0.5, 0.6) is 5.75 Å². The molecule has 2 aliphatic heterocycles. The normalized spacial score (nSPS) is 21.9. The van der Waals surface area contributed by atoms with Crippen molar-refractivity contribution in [3.05, 3.63) is 60.2 Å². The Morgan fingerprint density at radius 1 is 1.00 bits per heavy atom. The molecule has 0 N–H and O–H groups in total. The predicted molar refractivity (Wildman–Crippen MR) is 121 cm³/mol. The molecule has 2 aromatic rings. The topological polar surface area (TPSA) is 76.2 Å². The van der Waals surface area contributed by atoms with E-state index in [9.17, 15) is 22.0 Å². The average Bonchev–Trinajstić information content (AvgIpc) is 2.84. The Labute approximate surface area is 198 Å². The Morgan fingerprint density at radius 3 is 2.35 bits per heavy atom. The first-order valence-electron chi connectivity index (χ1n) is 11.3. The van der Waals surface area contributed by atoms with Crippen LogP contribution in [-0.2, 0) is 19.6 Å². The lowest BCUT2D eigenvalue weighted by molar-refractivity contribution is -0.139. The largest absolute Gasteiger partial charge is 0.493 e. The van der Waals surface area contributed by atoms with Gasteiger partial charge in [-0.25, -0.2) is 17.2 Å². The van der Waals surface area contributed by atoms with Gasteiger partial charge in [0.15, 0.2) is 4.90 Å². The van der Waals surface area contributed by atoms with Gasteiger partial charge in [0.05, 0.1) is 19.8 Å². The van der Waals surface area contributed by atoms with E-state index >= 15 is 0 Å². The van der Waals surface area contributed by atoms with Crippen molar-refractivity contribution in [2.45, 2.75) is 24.2 Å². The van der Waals surface area contributed by atoms with E-state index in [1.165, 1.54) is 0 Å². The number of halogens is 2. The van der Waals surface area contributed by atoms with Gasteiger partial charge < -0.3 is 14.4 Å². The van der Waals surface area contributed by atoms with Crippen molar-refractivity contribution in [2.75, 3.05) is 46.0 Å². The highest BCUT2D eigenvalue weighted by Gasteiger charge is 2.44. The van der Waals surface area contributed by atoms with E-state index in [1.807, 2.05) is 18.2 Å². The van der Waals surface area contributed by atoms with Gasteiger partial charge in [-0.1, -0.05) is 24.3 Å². The Bertz CT molecular complexity index is 1090. The summed E-state index contributed by atoms with van der Waals surface area (Å²) in [6, 6.07) is 12.0. The lowest BCUT2D eigenvalue weighted by Gasteiger charge is -2.42. The predicted octanol–water partition coefficient (Wildman–Crippen LogP) is 3.06. The third-order valence-corrected chi connectivity index (χ3v) is 8.22. The molecule has 0 aromatic heterocycles. The lowest BCUT2D eigenvalue weighted by atomic mass is 9.78. The summed E-state index contributed by atoms with van der Waals surface area (Å²) in [6.07, 6.45) is 1.04. The van der Waals surface area contributed by atoms with Crippen LogP contribution >= 0.6 is 0 Å². The first-order valence-corrected chi connectivity index (χ1v) is 12.7. The summed E-state index contributed by atoms with van der Waals surface area (Å²) in [5.74, 6) is -1.79. The zero-order valence-corrected chi connectivity index (χ0v) is 19.6. The second-order valence-electron chi connectivity index (χ2n) is 8.76. The van der Waals surface area contributed by atoms with Gasteiger partial charge in [0.25, 0.3) is 0 Å². The maximum absolute atomic E-state index is 14.4. The third-order valence-electron chi connectivity index (χ3n) is 6.32. The number of nitrogens with zero attached hydrogens (tertiary/aromatic N) is 2. The highest BCUT2D eigenvalue weighted by atomic mass is 32.2. The van der Waals surface area contributed by atoms with E-state index in [2.05, 4.69) is 0 Å². The molecule has 0 saturated carbocycles. The van der Waals surface area contributed by atoms with E-state index in [1.54, 1.807) is 17.0 Å². The minimum atomic E-state index is -4.46. The van der Waals surface area contributed by atoms with Crippen molar-refractivity contribution in [3.63, 3.8) is 0 Å². The Morgan fingerprint density at radius 2 is 1.68 bits per heavy atom. The van der Waals surface area contributed by atoms with Gasteiger partial charge in [0, 0.05) is 38.0 Å². The van der Waals surface area contributed by atoms with Crippen LogP contribution in [0.4, 0.5) is 8.78 Å².